The number of piperidine rings is 1. The predicted molar refractivity (Wildman–Crippen MR) is 66.0 cm³/mol. The van der Waals surface area contributed by atoms with Crippen LogP contribution in [-0.2, 0) is 0 Å². The highest BCUT2D eigenvalue weighted by molar-refractivity contribution is 5.93. The summed E-state index contributed by atoms with van der Waals surface area (Å²) in [5.74, 6) is 0.521. The van der Waals surface area contributed by atoms with Crippen LogP contribution in [0.4, 0.5) is 0 Å². The molecule has 2 rings (SSSR count). The van der Waals surface area contributed by atoms with Gasteiger partial charge in [0.15, 0.2) is 5.76 Å². The molecule has 1 N–H and O–H groups in total. The van der Waals surface area contributed by atoms with E-state index in [1.165, 1.54) is 0 Å². The molecule has 0 bridgehead atoms. The minimum atomic E-state index is 0.0295. The van der Waals surface area contributed by atoms with Crippen molar-refractivity contribution in [2.45, 2.75) is 32.7 Å². The van der Waals surface area contributed by atoms with Gasteiger partial charge in [-0.1, -0.05) is 0 Å². The fourth-order valence-corrected chi connectivity index (χ4v) is 2.41. The maximum absolute atomic E-state index is 12.4. The van der Waals surface area contributed by atoms with Crippen LogP contribution in [0.25, 0.3) is 0 Å². The number of hydrogen-bond acceptors (Lipinski definition) is 3. The van der Waals surface area contributed by atoms with Crippen LogP contribution in [0.1, 0.15) is 35.9 Å². The second kappa shape index (κ2) is 5.36. The predicted octanol–water partition coefficient (Wildman–Crippen LogP) is 1.80. The summed E-state index contributed by atoms with van der Waals surface area (Å²) in [6, 6.07) is 2.18. The SMILES string of the molecule is CCN(C(=O)c1occc1C)C1CCNCC1. The number of carbonyl (C=O) groups is 1. The normalized spacial score (nSPS) is 17.1. The summed E-state index contributed by atoms with van der Waals surface area (Å²) in [5, 5.41) is 3.32. The van der Waals surface area contributed by atoms with Crippen LogP contribution in [-0.4, -0.2) is 36.5 Å². The highest BCUT2D eigenvalue weighted by Crippen LogP contribution is 2.18. The molecule has 1 aromatic heterocycles. The molecular formula is C13H20N2O2. The van der Waals surface area contributed by atoms with Gasteiger partial charge >= 0.3 is 0 Å². The number of aryl methyl sites for hydroxylation is 1. The van der Waals surface area contributed by atoms with E-state index in [1.54, 1.807) is 6.26 Å². The number of nitrogens with one attached hydrogen (secondary N) is 1. The molecule has 0 spiro atoms. The van der Waals surface area contributed by atoms with Gasteiger partial charge in [-0.05, 0) is 45.8 Å². The average molecular weight is 236 g/mol. The molecule has 1 fully saturated rings. The molecule has 94 valence electrons. The molecule has 0 radical (unpaired) electrons. The second-order valence-electron chi connectivity index (χ2n) is 4.51. The molecule has 1 aliphatic heterocycles. The van der Waals surface area contributed by atoms with Crippen LogP contribution < -0.4 is 5.32 Å². The van der Waals surface area contributed by atoms with Crippen LogP contribution >= 0.6 is 0 Å². The van der Waals surface area contributed by atoms with E-state index >= 15 is 0 Å². The number of amides is 1. The van der Waals surface area contributed by atoms with Gasteiger partial charge in [0, 0.05) is 18.2 Å². The van der Waals surface area contributed by atoms with Crippen molar-refractivity contribution in [1.82, 2.24) is 10.2 Å². The molecule has 4 nitrogen and oxygen atoms in total. The molecule has 2 heterocycles. The average Bonchev–Trinajstić information content (AvgIpc) is 2.77. The lowest BCUT2D eigenvalue weighted by atomic mass is 10.0. The van der Waals surface area contributed by atoms with Gasteiger partial charge in [-0.3, -0.25) is 4.79 Å². The Balaban J connectivity index is 2.12. The lowest BCUT2D eigenvalue weighted by Gasteiger charge is -2.33. The van der Waals surface area contributed by atoms with Gasteiger partial charge in [-0.2, -0.15) is 0 Å². The Bertz CT molecular complexity index is 381. The third-order valence-corrected chi connectivity index (χ3v) is 3.41. The lowest BCUT2D eigenvalue weighted by Crippen LogP contribution is -2.46. The standard InChI is InChI=1S/C13H20N2O2/c1-3-15(11-4-7-14-8-5-11)13(16)12-10(2)6-9-17-12/h6,9,11,14H,3-5,7-8H2,1-2H3. The summed E-state index contributed by atoms with van der Waals surface area (Å²) in [5.41, 5.74) is 0.919. The van der Waals surface area contributed by atoms with E-state index < -0.39 is 0 Å². The lowest BCUT2D eigenvalue weighted by molar-refractivity contribution is 0.0622. The molecule has 0 saturated carbocycles. The van der Waals surface area contributed by atoms with E-state index in [1.807, 2.05) is 24.8 Å². The zero-order valence-electron chi connectivity index (χ0n) is 10.5. The Morgan fingerprint density at radius 2 is 2.24 bits per heavy atom. The molecule has 0 unspecified atom stereocenters. The van der Waals surface area contributed by atoms with E-state index in [2.05, 4.69) is 5.32 Å². The highest BCUT2D eigenvalue weighted by Gasteiger charge is 2.27. The van der Waals surface area contributed by atoms with Crippen molar-refractivity contribution in [2.24, 2.45) is 0 Å². The van der Waals surface area contributed by atoms with Crippen LogP contribution in [0, 0.1) is 6.92 Å². The number of nitrogens with zero attached hydrogens (tertiary/aromatic N) is 1. The van der Waals surface area contributed by atoms with E-state index in [-0.39, 0.29) is 5.91 Å². The Morgan fingerprint density at radius 3 is 2.76 bits per heavy atom. The Kier molecular flexibility index (Phi) is 3.84. The molecule has 1 saturated heterocycles. The smallest absolute Gasteiger partial charge is 0.290 e. The third kappa shape index (κ3) is 2.52. The summed E-state index contributed by atoms with van der Waals surface area (Å²) in [6.07, 6.45) is 3.64. The van der Waals surface area contributed by atoms with E-state index in [9.17, 15) is 4.79 Å². The van der Waals surface area contributed by atoms with Crippen LogP contribution in [0.3, 0.4) is 0 Å². The first kappa shape index (κ1) is 12.2. The summed E-state index contributed by atoms with van der Waals surface area (Å²) in [6.45, 7) is 6.66. The Morgan fingerprint density at radius 1 is 1.53 bits per heavy atom. The van der Waals surface area contributed by atoms with Crippen molar-refractivity contribution in [3.63, 3.8) is 0 Å². The fraction of sp³-hybridized carbons (Fsp3) is 0.615. The van der Waals surface area contributed by atoms with Crippen molar-refractivity contribution in [1.29, 1.82) is 0 Å². The Hall–Kier alpha value is -1.29. The van der Waals surface area contributed by atoms with Crippen molar-refractivity contribution in [2.75, 3.05) is 19.6 Å². The maximum Gasteiger partial charge on any atom is 0.290 e. The largest absolute Gasteiger partial charge is 0.459 e. The van der Waals surface area contributed by atoms with E-state index in [4.69, 9.17) is 4.42 Å². The molecule has 0 aliphatic carbocycles. The quantitative estimate of drug-likeness (QED) is 0.870. The fourth-order valence-electron chi connectivity index (χ4n) is 2.41. The van der Waals surface area contributed by atoms with Gasteiger partial charge in [0.1, 0.15) is 0 Å². The topological polar surface area (TPSA) is 45.5 Å². The first-order chi connectivity index (χ1) is 8.24. The van der Waals surface area contributed by atoms with Crippen LogP contribution in [0.2, 0.25) is 0 Å². The van der Waals surface area contributed by atoms with Gasteiger partial charge in [-0.25, -0.2) is 0 Å². The minimum Gasteiger partial charge on any atom is -0.459 e. The Labute approximate surface area is 102 Å². The molecule has 0 aromatic carbocycles. The van der Waals surface area contributed by atoms with E-state index in [0.717, 1.165) is 38.0 Å². The number of furan rings is 1. The maximum atomic E-state index is 12.4. The first-order valence-electron chi connectivity index (χ1n) is 6.29. The van der Waals surface area contributed by atoms with Gasteiger partial charge in [0.05, 0.1) is 6.26 Å². The van der Waals surface area contributed by atoms with E-state index in [0.29, 0.717) is 11.8 Å². The molecule has 0 atom stereocenters. The van der Waals surface area contributed by atoms with Gasteiger partial charge in [0.25, 0.3) is 5.91 Å². The molecule has 17 heavy (non-hydrogen) atoms. The summed E-state index contributed by atoms with van der Waals surface area (Å²) >= 11 is 0. The molecule has 1 aliphatic rings. The summed E-state index contributed by atoms with van der Waals surface area (Å²) in [7, 11) is 0. The number of rotatable bonds is 3. The second-order valence-corrected chi connectivity index (χ2v) is 4.51. The highest BCUT2D eigenvalue weighted by atomic mass is 16.3. The zero-order chi connectivity index (χ0) is 12.3. The van der Waals surface area contributed by atoms with Gasteiger partial charge in [-0.15, -0.1) is 0 Å². The first-order valence-corrected chi connectivity index (χ1v) is 6.29. The van der Waals surface area contributed by atoms with Crippen molar-refractivity contribution >= 4 is 5.91 Å². The third-order valence-electron chi connectivity index (χ3n) is 3.41. The van der Waals surface area contributed by atoms with Crippen molar-refractivity contribution in [3.8, 4) is 0 Å². The molecular weight excluding hydrogens is 216 g/mol. The number of hydrogen-bond donors (Lipinski definition) is 1. The van der Waals surface area contributed by atoms with Crippen molar-refractivity contribution < 1.29 is 9.21 Å². The molecule has 1 amide bonds. The van der Waals surface area contributed by atoms with Crippen molar-refractivity contribution in [3.05, 3.63) is 23.7 Å². The summed E-state index contributed by atoms with van der Waals surface area (Å²) in [4.78, 5) is 14.3. The summed E-state index contributed by atoms with van der Waals surface area (Å²) < 4.78 is 5.29. The van der Waals surface area contributed by atoms with Gasteiger partial charge in [0.2, 0.25) is 0 Å². The molecule has 4 heteroatoms. The monoisotopic (exact) mass is 236 g/mol. The number of carbonyl (C=O) groups excluding carboxylic acids is 1. The molecule has 1 aromatic rings. The minimum absolute atomic E-state index is 0.0295. The van der Waals surface area contributed by atoms with Crippen LogP contribution in [0.5, 0.6) is 0 Å². The van der Waals surface area contributed by atoms with Gasteiger partial charge < -0.3 is 14.6 Å². The zero-order valence-corrected chi connectivity index (χ0v) is 10.5. The van der Waals surface area contributed by atoms with Crippen LogP contribution in [0.15, 0.2) is 16.7 Å².